The first-order valence-electron chi connectivity index (χ1n) is 7.63. The van der Waals surface area contributed by atoms with E-state index in [1.165, 1.54) is 38.5 Å². The van der Waals surface area contributed by atoms with Crippen molar-refractivity contribution in [2.75, 3.05) is 24.5 Å². The molecule has 1 saturated carbocycles. The summed E-state index contributed by atoms with van der Waals surface area (Å²) in [5.74, 6) is 0. The zero-order chi connectivity index (χ0) is 14.0. The second-order valence-electron chi connectivity index (χ2n) is 6.17. The first kappa shape index (κ1) is 14.5. The van der Waals surface area contributed by atoms with Gasteiger partial charge >= 0.3 is 0 Å². The van der Waals surface area contributed by atoms with E-state index in [1.54, 1.807) is 6.07 Å². The molecule has 0 unspecified atom stereocenters. The van der Waals surface area contributed by atoms with Gasteiger partial charge in [0.05, 0.1) is 0 Å². The molecule has 0 amide bonds. The van der Waals surface area contributed by atoms with Gasteiger partial charge in [-0.15, -0.1) is 0 Å². The topological polar surface area (TPSA) is 15.3 Å². The van der Waals surface area contributed by atoms with Crippen LogP contribution in [-0.4, -0.2) is 25.2 Å². The Labute approximate surface area is 131 Å². The van der Waals surface area contributed by atoms with Crippen molar-refractivity contribution in [3.05, 3.63) is 28.2 Å². The highest BCUT2D eigenvalue weighted by Gasteiger charge is 2.35. The minimum absolute atomic E-state index is 0.295. The summed E-state index contributed by atoms with van der Waals surface area (Å²) in [7, 11) is 0. The molecule has 1 aromatic rings. The highest BCUT2D eigenvalue weighted by Crippen LogP contribution is 2.33. The standard InChI is InChI=1S/C16H22Cl2N2/c17-13-9-14(18)11-15(10-13)20-8-4-7-19-16(12-20)5-2-1-3-6-16/h9-11,19H,1-8,12H2. The van der Waals surface area contributed by atoms with Gasteiger partial charge in [-0.3, -0.25) is 0 Å². The Morgan fingerprint density at radius 1 is 0.950 bits per heavy atom. The van der Waals surface area contributed by atoms with Gasteiger partial charge in [0.2, 0.25) is 0 Å². The molecule has 4 heteroatoms. The minimum atomic E-state index is 0.295. The molecule has 20 heavy (non-hydrogen) atoms. The van der Waals surface area contributed by atoms with Crippen molar-refractivity contribution in [1.82, 2.24) is 5.32 Å². The number of nitrogens with zero attached hydrogens (tertiary/aromatic N) is 1. The fraction of sp³-hybridized carbons (Fsp3) is 0.625. The minimum Gasteiger partial charge on any atom is -0.370 e. The van der Waals surface area contributed by atoms with Gasteiger partial charge in [-0.1, -0.05) is 42.5 Å². The maximum Gasteiger partial charge on any atom is 0.0441 e. The lowest BCUT2D eigenvalue weighted by Crippen LogP contribution is -2.52. The zero-order valence-electron chi connectivity index (χ0n) is 11.8. The SMILES string of the molecule is Clc1cc(Cl)cc(N2CCCNC3(CCCCC3)C2)c1. The van der Waals surface area contributed by atoms with Crippen LogP contribution in [0.5, 0.6) is 0 Å². The van der Waals surface area contributed by atoms with Crippen LogP contribution >= 0.6 is 23.2 Å². The van der Waals surface area contributed by atoms with Crippen LogP contribution in [-0.2, 0) is 0 Å². The molecule has 2 fully saturated rings. The third-order valence-electron chi connectivity index (χ3n) is 4.62. The van der Waals surface area contributed by atoms with Gasteiger partial charge < -0.3 is 10.2 Å². The summed E-state index contributed by atoms with van der Waals surface area (Å²) in [4.78, 5) is 2.46. The third-order valence-corrected chi connectivity index (χ3v) is 5.06. The van der Waals surface area contributed by atoms with Crippen LogP contribution in [0.2, 0.25) is 10.0 Å². The average Bonchev–Trinajstić information content (AvgIpc) is 2.62. The summed E-state index contributed by atoms with van der Waals surface area (Å²) in [5, 5.41) is 5.27. The van der Waals surface area contributed by atoms with E-state index >= 15 is 0 Å². The molecule has 1 spiro atoms. The van der Waals surface area contributed by atoms with Crippen LogP contribution < -0.4 is 10.2 Å². The highest BCUT2D eigenvalue weighted by atomic mass is 35.5. The van der Waals surface area contributed by atoms with E-state index in [9.17, 15) is 0 Å². The number of benzene rings is 1. The van der Waals surface area contributed by atoms with Crippen LogP contribution in [0.4, 0.5) is 5.69 Å². The molecular formula is C16H22Cl2N2. The first-order valence-corrected chi connectivity index (χ1v) is 8.39. The van der Waals surface area contributed by atoms with Crippen LogP contribution in [0.1, 0.15) is 38.5 Å². The second-order valence-corrected chi connectivity index (χ2v) is 7.04. The summed E-state index contributed by atoms with van der Waals surface area (Å²) < 4.78 is 0. The molecule has 0 radical (unpaired) electrons. The number of nitrogens with one attached hydrogen (secondary N) is 1. The fourth-order valence-corrected chi connectivity index (χ4v) is 4.14. The molecule has 110 valence electrons. The lowest BCUT2D eigenvalue weighted by Gasteiger charge is -2.40. The molecule has 1 saturated heterocycles. The van der Waals surface area contributed by atoms with Gasteiger partial charge in [0.1, 0.15) is 0 Å². The van der Waals surface area contributed by atoms with E-state index in [4.69, 9.17) is 23.2 Å². The van der Waals surface area contributed by atoms with Crippen molar-refractivity contribution in [2.24, 2.45) is 0 Å². The number of anilines is 1. The summed E-state index contributed by atoms with van der Waals surface area (Å²) in [6.07, 6.45) is 7.82. The smallest absolute Gasteiger partial charge is 0.0441 e. The van der Waals surface area contributed by atoms with Crippen molar-refractivity contribution in [3.63, 3.8) is 0 Å². The van der Waals surface area contributed by atoms with Crippen LogP contribution in [0.15, 0.2) is 18.2 Å². The van der Waals surface area contributed by atoms with E-state index in [0.29, 0.717) is 5.54 Å². The lowest BCUT2D eigenvalue weighted by atomic mass is 9.81. The quantitative estimate of drug-likeness (QED) is 0.821. The van der Waals surface area contributed by atoms with E-state index in [1.807, 2.05) is 12.1 Å². The van der Waals surface area contributed by atoms with Crippen molar-refractivity contribution in [3.8, 4) is 0 Å². The molecule has 2 aliphatic rings. The first-order chi connectivity index (χ1) is 9.67. The second kappa shape index (κ2) is 6.13. The van der Waals surface area contributed by atoms with Crippen molar-refractivity contribution >= 4 is 28.9 Å². The van der Waals surface area contributed by atoms with E-state index < -0.39 is 0 Å². The Morgan fingerprint density at radius 2 is 1.65 bits per heavy atom. The summed E-state index contributed by atoms with van der Waals surface area (Å²) in [6, 6.07) is 5.88. The van der Waals surface area contributed by atoms with Gasteiger partial charge in [0, 0.05) is 34.4 Å². The molecule has 3 rings (SSSR count). The predicted molar refractivity (Wildman–Crippen MR) is 87.1 cm³/mol. The number of hydrogen-bond donors (Lipinski definition) is 1. The number of rotatable bonds is 1. The van der Waals surface area contributed by atoms with Crippen molar-refractivity contribution in [1.29, 1.82) is 0 Å². The molecule has 1 heterocycles. The monoisotopic (exact) mass is 312 g/mol. The van der Waals surface area contributed by atoms with Gasteiger partial charge in [0.25, 0.3) is 0 Å². The Bertz CT molecular complexity index is 449. The molecule has 1 aliphatic heterocycles. The molecule has 0 aromatic heterocycles. The average molecular weight is 313 g/mol. The largest absolute Gasteiger partial charge is 0.370 e. The number of hydrogen-bond acceptors (Lipinski definition) is 2. The summed E-state index contributed by atoms with van der Waals surface area (Å²) in [6.45, 7) is 3.26. The van der Waals surface area contributed by atoms with Crippen LogP contribution in [0.3, 0.4) is 0 Å². The van der Waals surface area contributed by atoms with E-state index in [0.717, 1.165) is 35.4 Å². The maximum absolute atomic E-state index is 6.16. The Kier molecular flexibility index (Phi) is 4.44. The summed E-state index contributed by atoms with van der Waals surface area (Å²) in [5.41, 5.74) is 1.46. The highest BCUT2D eigenvalue weighted by molar-refractivity contribution is 6.35. The van der Waals surface area contributed by atoms with Crippen LogP contribution in [0.25, 0.3) is 0 Å². The molecule has 2 nitrogen and oxygen atoms in total. The van der Waals surface area contributed by atoms with E-state index in [-0.39, 0.29) is 0 Å². The lowest BCUT2D eigenvalue weighted by molar-refractivity contribution is 0.246. The molecule has 1 aliphatic carbocycles. The van der Waals surface area contributed by atoms with Crippen LogP contribution in [0, 0.1) is 0 Å². The maximum atomic E-state index is 6.16. The third kappa shape index (κ3) is 3.24. The Hall–Kier alpha value is -0.440. The van der Waals surface area contributed by atoms with Gasteiger partial charge in [-0.05, 0) is 44.0 Å². The Morgan fingerprint density at radius 3 is 2.35 bits per heavy atom. The van der Waals surface area contributed by atoms with Gasteiger partial charge in [0.15, 0.2) is 0 Å². The molecular weight excluding hydrogens is 291 g/mol. The molecule has 1 N–H and O–H groups in total. The molecule has 0 atom stereocenters. The van der Waals surface area contributed by atoms with Crippen molar-refractivity contribution in [2.45, 2.75) is 44.1 Å². The Balaban J connectivity index is 1.84. The fourth-order valence-electron chi connectivity index (χ4n) is 3.63. The predicted octanol–water partition coefficient (Wildman–Crippen LogP) is 4.50. The number of halogens is 2. The summed E-state index contributed by atoms with van der Waals surface area (Å²) >= 11 is 12.3. The normalized spacial score (nSPS) is 22.8. The van der Waals surface area contributed by atoms with E-state index in [2.05, 4.69) is 10.2 Å². The molecule has 0 bridgehead atoms. The zero-order valence-corrected chi connectivity index (χ0v) is 13.3. The van der Waals surface area contributed by atoms with Gasteiger partial charge in [-0.25, -0.2) is 0 Å². The van der Waals surface area contributed by atoms with Crippen molar-refractivity contribution < 1.29 is 0 Å². The molecule has 1 aromatic carbocycles. The van der Waals surface area contributed by atoms with Gasteiger partial charge in [-0.2, -0.15) is 0 Å².